The summed E-state index contributed by atoms with van der Waals surface area (Å²) < 4.78 is 30.2. The van der Waals surface area contributed by atoms with Gasteiger partial charge in [0.1, 0.15) is 6.04 Å². The molecule has 1 N–H and O–H groups in total. The fourth-order valence-electron chi connectivity index (χ4n) is 3.60. The second-order valence-electron chi connectivity index (χ2n) is 8.57. The van der Waals surface area contributed by atoms with Crippen LogP contribution in [-0.2, 0) is 19.6 Å². The number of carbonyl (C=O) groups is 1. The van der Waals surface area contributed by atoms with Gasteiger partial charge in [-0.3, -0.25) is 4.79 Å². The van der Waals surface area contributed by atoms with Crippen molar-refractivity contribution in [2.24, 2.45) is 0 Å². The summed E-state index contributed by atoms with van der Waals surface area (Å²) in [7, 11) is -3.42. The standard InChI is InChI=1S/C24H49NO4S2/c1-4-6-7-8-9-10-11-12-13-14-15-16-17-18-19-20-21-30-22-23(24(26)29-5-2)25-31(3,27)28/h23,25H,4-22H2,1-3H3/t23-/m0/s1. The summed E-state index contributed by atoms with van der Waals surface area (Å²) in [5.41, 5.74) is 0. The molecule has 0 fully saturated rings. The number of unbranched alkanes of at least 4 members (excludes halogenated alkanes) is 15. The molecule has 0 aliphatic rings. The smallest absolute Gasteiger partial charge is 0.325 e. The molecule has 1 atom stereocenters. The van der Waals surface area contributed by atoms with E-state index in [2.05, 4.69) is 11.6 Å². The third kappa shape index (κ3) is 22.7. The number of ether oxygens (including phenoxy) is 1. The Morgan fingerprint density at radius 2 is 1.19 bits per heavy atom. The third-order valence-corrected chi connectivity index (χ3v) is 7.21. The minimum absolute atomic E-state index is 0.255. The van der Waals surface area contributed by atoms with Gasteiger partial charge in [-0.1, -0.05) is 103 Å². The van der Waals surface area contributed by atoms with Gasteiger partial charge in [-0.15, -0.1) is 0 Å². The van der Waals surface area contributed by atoms with Crippen molar-refractivity contribution in [3.8, 4) is 0 Å². The van der Waals surface area contributed by atoms with Crippen molar-refractivity contribution in [1.29, 1.82) is 0 Å². The summed E-state index contributed by atoms with van der Waals surface area (Å²) in [6, 6.07) is -0.791. The van der Waals surface area contributed by atoms with Gasteiger partial charge in [0.2, 0.25) is 10.0 Å². The maximum atomic E-state index is 11.9. The van der Waals surface area contributed by atoms with Crippen molar-refractivity contribution in [2.75, 3.05) is 24.4 Å². The second-order valence-corrected chi connectivity index (χ2v) is 11.5. The number of hydrogen-bond donors (Lipinski definition) is 1. The minimum atomic E-state index is -3.42. The van der Waals surface area contributed by atoms with Crippen LogP contribution in [0, 0.1) is 0 Å². The van der Waals surface area contributed by atoms with Crippen LogP contribution in [0.4, 0.5) is 0 Å². The van der Waals surface area contributed by atoms with E-state index in [0.29, 0.717) is 5.75 Å². The molecular weight excluding hydrogens is 430 g/mol. The molecule has 186 valence electrons. The summed E-state index contributed by atoms with van der Waals surface area (Å²) in [5.74, 6) is 0.872. The Labute approximate surface area is 197 Å². The normalized spacial score (nSPS) is 12.7. The van der Waals surface area contributed by atoms with Crippen molar-refractivity contribution < 1.29 is 17.9 Å². The monoisotopic (exact) mass is 479 g/mol. The van der Waals surface area contributed by atoms with Crippen LogP contribution >= 0.6 is 11.8 Å². The zero-order valence-corrected chi connectivity index (χ0v) is 22.1. The van der Waals surface area contributed by atoms with Crippen LogP contribution in [0.15, 0.2) is 0 Å². The van der Waals surface area contributed by atoms with E-state index in [1.165, 1.54) is 96.3 Å². The predicted molar refractivity (Wildman–Crippen MR) is 135 cm³/mol. The first-order chi connectivity index (χ1) is 14.9. The van der Waals surface area contributed by atoms with Crippen LogP contribution in [-0.4, -0.2) is 44.8 Å². The van der Waals surface area contributed by atoms with E-state index in [0.717, 1.165) is 18.4 Å². The second kappa shape index (κ2) is 21.6. The Morgan fingerprint density at radius 3 is 1.58 bits per heavy atom. The molecule has 0 unspecified atom stereocenters. The Morgan fingerprint density at radius 1 is 0.774 bits per heavy atom. The molecule has 5 nitrogen and oxygen atoms in total. The zero-order chi connectivity index (χ0) is 23.2. The highest BCUT2D eigenvalue weighted by atomic mass is 32.2. The van der Waals surface area contributed by atoms with Crippen molar-refractivity contribution in [2.45, 2.75) is 123 Å². The molecule has 0 aliphatic heterocycles. The van der Waals surface area contributed by atoms with E-state index >= 15 is 0 Å². The predicted octanol–water partition coefficient (Wildman–Crippen LogP) is 6.46. The summed E-state index contributed by atoms with van der Waals surface area (Å²) in [6.07, 6.45) is 22.7. The highest BCUT2D eigenvalue weighted by Crippen LogP contribution is 2.15. The average molecular weight is 480 g/mol. The molecule has 0 saturated carbocycles. The highest BCUT2D eigenvalue weighted by Gasteiger charge is 2.23. The molecule has 0 saturated heterocycles. The Hall–Kier alpha value is -0.270. The largest absolute Gasteiger partial charge is 0.465 e. The van der Waals surface area contributed by atoms with Gasteiger partial charge in [-0.05, 0) is 19.1 Å². The summed E-state index contributed by atoms with van der Waals surface area (Å²) in [6.45, 7) is 4.25. The van der Waals surface area contributed by atoms with Gasteiger partial charge < -0.3 is 4.74 Å². The van der Waals surface area contributed by atoms with Gasteiger partial charge in [0.15, 0.2) is 0 Å². The highest BCUT2D eigenvalue weighted by molar-refractivity contribution is 7.99. The zero-order valence-electron chi connectivity index (χ0n) is 20.5. The number of hydrogen-bond acceptors (Lipinski definition) is 5. The summed E-state index contributed by atoms with van der Waals surface area (Å²) in [4.78, 5) is 11.9. The number of esters is 1. The molecule has 7 heteroatoms. The fraction of sp³-hybridized carbons (Fsp3) is 0.958. The third-order valence-electron chi connectivity index (χ3n) is 5.35. The van der Waals surface area contributed by atoms with Gasteiger partial charge in [0, 0.05) is 5.75 Å². The van der Waals surface area contributed by atoms with E-state index < -0.39 is 22.0 Å². The molecule has 0 bridgehead atoms. The summed E-state index contributed by atoms with van der Waals surface area (Å²) in [5, 5.41) is 0. The average Bonchev–Trinajstić information content (AvgIpc) is 2.71. The van der Waals surface area contributed by atoms with Crippen LogP contribution in [0.5, 0.6) is 0 Å². The van der Waals surface area contributed by atoms with Crippen LogP contribution < -0.4 is 4.72 Å². The van der Waals surface area contributed by atoms with Crippen molar-refractivity contribution >= 4 is 27.8 Å². The van der Waals surface area contributed by atoms with Crippen LogP contribution in [0.3, 0.4) is 0 Å². The van der Waals surface area contributed by atoms with Crippen LogP contribution in [0.25, 0.3) is 0 Å². The first-order valence-corrected chi connectivity index (χ1v) is 15.7. The van der Waals surface area contributed by atoms with Crippen LogP contribution in [0.1, 0.15) is 117 Å². The van der Waals surface area contributed by atoms with E-state index in [9.17, 15) is 13.2 Å². The summed E-state index contributed by atoms with van der Waals surface area (Å²) >= 11 is 1.61. The van der Waals surface area contributed by atoms with Gasteiger partial charge in [0.25, 0.3) is 0 Å². The van der Waals surface area contributed by atoms with Crippen molar-refractivity contribution in [3.63, 3.8) is 0 Å². The molecule has 0 aromatic heterocycles. The lowest BCUT2D eigenvalue weighted by atomic mass is 10.0. The molecule has 0 aliphatic carbocycles. The minimum Gasteiger partial charge on any atom is -0.465 e. The molecule has 0 spiro atoms. The Kier molecular flexibility index (Phi) is 21.4. The van der Waals surface area contributed by atoms with Gasteiger partial charge in [0.05, 0.1) is 12.9 Å². The number of rotatable bonds is 23. The molecule has 0 aromatic rings. The van der Waals surface area contributed by atoms with E-state index in [1.807, 2.05) is 0 Å². The van der Waals surface area contributed by atoms with Crippen molar-refractivity contribution in [1.82, 2.24) is 4.72 Å². The topological polar surface area (TPSA) is 72.5 Å². The maximum Gasteiger partial charge on any atom is 0.325 e. The fourth-order valence-corrected chi connectivity index (χ4v) is 5.44. The molecule has 0 rings (SSSR count). The van der Waals surface area contributed by atoms with Gasteiger partial charge in [-0.25, -0.2) is 13.1 Å². The molecular formula is C24H49NO4S2. The number of nitrogens with one attached hydrogen (secondary N) is 1. The lowest BCUT2D eigenvalue weighted by molar-refractivity contribution is -0.144. The van der Waals surface area contributed by atoms with E-state index in [-0.39, 0.29) is 6.61 Å². The first-order valence-electron chi connectivity index (χ1n) is 12.6. The number of thioether (sulfide) groups is 1. The van der Waals surface area contributed by atoms with Crippen molar-refractivity contribution in [3.05, 3.63) is 0 Å². The molecule has 0 radical (unpaired) electrons. The lowest BCUT2D eigenvalue weighted by Crippen LogP contribution is -2.43. The maximum absolute atomic E-state index is 11.9. The van der Waals surface area contributed by atoms with E-state index in [1.54, 1.807) is 18.7 Å². The molecule has 0 aromatic carbocycles. The number of carbonyl (C=O) groups excluding carboxylic acids is 1. The molecule has 31 heavy (non-hydrogen) atoms. The first kappa shape index (κ1) is 30.7. The molecule has 0 heterocycles. The number of sulfonamides is 1. The Bertz CT molecular complexity index is 512. The Balaban J connectivity index is 3.47. The van der Waals surface area contributed by atoms with E-state index in [4.69, 9.17) is 4.74 Å². The molecule has 0 amide bonds. The van der Waals surface area contributed by atoms with Gasteiger partial charge >= 0.3 is 5.97 Å². The van der Waals surface area contributed by atoms with Crippen LogP contribution in [0.2, 0.25) is 0 Å². The van der Waals surface area contributed by atoms with Gasteiger partial charge in [-0.2, -0.15) is 11.8 Å². The lowest BCUT2D eigenvalue weighted by Gasteiger charge is -2.15. The SMILES string of the molecule is CCCCCCCCCCCCCCCCCCSC[C@H](NS(C)(=O)=O)C(=O)OCC. The quantitative estimate of drug-likeness (QED) is 0.134.